The quantitative estimate of drug-likeness (QED) is 0.367. The van der Waals surface area contributed by atoms with Crippen molar-refractivity contribution < 1.29 is 0 Å². The van der Waals surface area contributed by atoms with Gasteiger partial charge in [-0.05, 0) is 52.9 Å². The minimum Gasteiger partial charge on any atom is -0.397 e. The van der Waals surface area contributed by atoms with Crippen molar-refractivity contribution in [2.45, 2.75) is 6.42 Å². The summed E-state index contributed by atoms with van der Waals surface area (Å²) >= 11 is 0. The first-order valence-electron chi connectivity index (χ1n) is 9.30. The number of rotatable bonds is 1. The standard InChI is InChI=1S/C25H18N2/c26-22-15-21-17(13-16-7-1-2-8-18(16)21)14-25(22)27-23-11-5-3-9-19(23)20-10-4-6-12-24(20)27/h1-12,14-15H,13,26H2. The molecule has 2 heteroatoms. The Labute approximate surface area is 157 Å². The van der Waals surface area contributed by atoms with Gasteiger partial charge in [0.2, 0.25) is 0 Å². The van der Waals surface area contributed by atoms with E-state index in [4.69, 9.17) is 5.73 Å². The predicted molar refractivity (Wildman–Crippen MR) is 113 cm³/mol. The average Bonchev–Trinajstić information content (AvgIpc) is 3.23. The minimum absolute atomic E-state index is 0.817. The molecule has 0 amide bonds. The molecular weight excluding hydrogens is 328 g/mol. The van der Waals surface area contributed by atoms with E-state index in [2.05, 4.69) is 89.5 Å². The SMILES string of the molecule is Nc1cc2c(cc1-n1c3ccccc3c3ccccc31)Cc1ccccc1-2. The van der Waals surface area contributed by atoms with Gasteiger partial charge in [-0.3, -0.25) is 0 Å². The zero-order chi connectivity index (χ0) is 18.0. The Kier molecular flexibility index (Phi) is 2.84. The molecule has 0 saturated heterocycles. The monoisotopic (exact) mass is 346 g/mol. The number of nitrogens with two attached hydrogens (primary N) is 1. The van der Waals surface area contributed by atoms with E-state index in [1.165, 1.54) is 44.1 Å². The third-order valence-corrected chi connectivity index (χ3v) is 5.76. The van der Waals surface area contributed by atoms with Gasteiger partial charge in [0.1, 0.15) is 0 Å². The Morgan fingerprint density at radius 3 is 2.00 bits per heavy atom. The van der Waals surface area contributed by atoms with E-state index >= 15 is 0 Å². The maximum Gasteiger partial charge on any atom is 0.0694 e. The minimum atomic E-state index is 0.817. The van der Waals surface area contributed by atoms with Gasteiger partial charge < -0.3 is 10.3 Å². The van der Waals surface area contributed by atoms with Crippen molar-refractivity contribution in [2.75, 3.05) is 5.73 Å². The first-order valence-corrected chi connectivity index (χ1v) is 9.30. The Bertz CT molecular complexity index is 1300. The molecule has 1 aliphatic carbocycles. The second kappa shape index (κ2) is 5.24. The molecule has 5 aromatic rings. The topological polar surface area (TPSA) is 30.9 Å². The van der Waals surface area contributed by atoms with Crippen molar-refractivity contribution in [3.63, 3.8) is 0 Å². The summed E-state index contributed by atoms with van der Waals surface area (Å²) in [7, 11) is 0. The van der Waals surface area contributed by atoms with Crippen LogP contribution in [0.25, 0.3) is 38.6 Å². The smallest absolute Gasteiger partial charge is 0.0694 e. The Morgan fingerprint density at radius 1 is 0.630 bits per heavy atom. The number of fused-ring (bicyclic) bond motifs is 6. The van der Waals surface area contributed by atoms with Crippen LogP contribution < -0.4 is 5.73 Å². The summed E-state index contributed by atoms with van der Waals surface area (Å²) in [5.74, 6) is 0. The summed E-state index contributed by atoms with van der Waals surface area (Å²) in [6.07, 6.45) is 0.968. The number of benzene rings is 4. The van der Waals surface area contributed by atoms with Crippen molar-refractivity contribution >= 4 is 27.5 Å². The molecule has 0 atom stereocenters. The molecule has 2 N–H and O–H groups in total. The molecule has 0 radical (unpaired) electrons. The molecule has 1 aromatic heterocycles. The molecule has 0 bridgehead atoms. The van der Waals surface area contributed by atoms with Gasteiger partial charge >= 0.3 is 0 Å². The summed E-state index contributed by atoms with van der Waals surface area (Å²) in [6.45, 7) is 0. The van der Waals surface area contributed by atoms with E-state index in [1.807, 2.05) is 0 Å². The first-order chi connectivity index (χ1) is 13.3. The zero-order valence-electron chi connectivity index (χ0n) is 14.8. The fourth-order valence-corrected chi connectivity index (χ4v) is 4.56. The van der Waals surface area contributed by atoms with E-state index in [-0.39, 0.29) is 0 Å². The van der Waals surface area contributed by atoms with E-state index in [0.717, 1.165) is 17.8 Å². The van der Waals surface area contributed by atoms with Crippen LogP contribution in [0.3, 0.4) is 0 Å². The van der Waals surface area contributed by atoms with Crippen molar-refractivity contribution in [1.82, 2.24) is 4.57 Å². The number of hydrogen-bond acceptors (Lipinski definition) is 1. The largest absolute Gasteiger partial charge is 0.397 e. The number of anilines is 1. The van der Waals surface area contributed by atoms with E-state index < -0.39 is 0 Å². The molecule has 0 unspecified atom stereocenters. The van der Waals surface area contributed by atoms with Crippen molar-refractivity contribution in [3.8, 4) is 16.8 Å². The maximum absolute atomic E-state index is 6.60. The van der Waals surface area contributed by atoms with E-state index in [0.29, 0.717) is 0 Å². The van der Waals surface area contributed by atoms with Crippen molar-refractivity contribution in [3.05, 3.63) is 96.1 Å². The Hall–Kier alpha value is -3.52. The molecule has 1 heterocycles. The molecule has 0 saturated carbocycles. The van der Waals surface area contributed by atoms with Crippen LogP contribution >= 0.6 is 0 Å². The van der Waals surface area contributed by atoms with Gasteiger partial charge in [-0.1, -0.05) is 60.7 Å². The third kappa shape index (κ3) is 1.95. The lowest BCUT2D eigenvalue weighted by atomic mass is 10.0. The lowest BCUT2D eigenvalue weighted by Gasteiger charge is -2.13. The second-order valence-corrected chi connectivity index (χ2v) is 7.27. The number of aromatic nitrogens is 1. The van der Waals surface area contributed by atoms with Gasteiger partial charge in [-0.15, -0.1) is 0 Å². The molecule has 27 heavy (non-hydrogen) atoms. The summed E-state index contributed by atoms with van der Waals surface area (Å²) in [4.78, 5) is 0. The van der Waals surface area contributed by atoms with Gasteiger partial charge in [0.15, 0.2) is 0 Å². The highest BCUT2D eigenvalue weighted by Crippen LogP contribution is 2.41. The van der Waals surface area contributed by atoms with Gasteiger partial charge in [0.25, 0.3) is 0 Å². The van der Waals surface area contributed by atoms with Gasteiger partial charge in [0, 0.05) is 10.8 Å². The molecule has 128 valence electrons. The van der Waals surface area contributed by atoms with Crippen molar-refractivity contribution in [1.29, 1.82) is 0 Å². The fourth-order valence-electron chi connectivity index (χ4n) is 4.56. The van der Waals surface area contributed by atoms with Crippen LogP contribution in [0.5, 0.6) is 0 Å². The fraction of sp³-hybridized carbons (Fsp3) is 0.0400. The summed E-state index contributed by atoms with van der Waals surface area (Å²) in [6, 6.07) is 30.2. The normalized spacial score (nSPS) is 12.4. The van der Waals surface area contributed by atoms with Crippen LogP contribution in [0.2, 0.25) is 0 Å². The van der Waals surface area contributed by atoms with Crippen LogP contribution in [0.4, 0.5) is 5.69 Å². The highest BCUT2D eigenvalue weighted by Gasteiger charge is 2.21. The highest BCUT2D eigenvalue weighted by atomic mass is 15.0. The summed E-state index contributed by atoms with van der Waals surface area (Å²) in [5, 5.41) is 2.52. The molecule has 6 rings (SSSR count). The van der Waals surface area contributed by atoms with E-state index in [9.17, 15) is 0 Å². The van der Waals surface area contributed by atoms with E-state index in [1.54, 1.807) is 0 Å². The molecular formula is C25H18N2. The van der Waals surface area contributed by atoms with Gasteiger partial charge in [0.05, 0.1) is 22.4 Å². The lowest BCUT2D eigenvalue weighted by molar-refractivity contribution is 1.16. The van der Waals surface area contributed by atoms with Crippen molar-refractivity contribution in [2.24, 2.45) is 0 Å². The first kappa shape index (κ1) is 14.6. The summed E-state index contributed by atoms with van der Waals surface area (Å²) < 4.78 is 2.31. The molecule has 1 aliphatic rings. The Balaban J connectivity index is 1.68. The maximum atomic E-state index is 6.60. The second-order valence-electron chi connectivity index (χ2n) is 7.27. The summed E-state index contributed by atoms with van der Waals surface area (Å²) in [5.41, 5.74) is 16.2. The van der Waals surface area contributed by atoms with Gasteiger partial charge in [-0.2, -0.15) is 0 Å². The van der Waals surface area contributed by atoms with Crippen LogP contribution in [0, 0.1) is 0 Å². The Morgan fingerprint density at radius 2 is 1.26 bits per heavy atom. The van der Waals surface area contributed by atoms with Gasteiger partial charge in [-0.25, -0.2) is 0 Å². The number of nitrogen functional groups attached to an aromatic ring is 1. The van der Waals surface area contributed by atoms with Crippen LogP contribution in [-0.4, -0.2) is 4.57 Å². The average molecular weight is 346 g/mol. The van der Waals surface area contributed by atoms with Crippen LogP contribution in [0.15, 0.2) is 84.9 Å². The molecule has 0 fully saturated rings. The molecule has 0 aliphatic heterocycles. The zero-order valence-corrected chi connectivity index (χ0v) is 14.8. The highest BCUT2D eigenvalue weighted by molar-refractivity contribution is 6.09. The van der Waals surface area contributed by atoms with Crippen LogP contribution in [-0.2, 0) is 6.42 Å². The number of para-hydroxylation sites is 2. The molecule has 2 nitrogen and oxygen atoms in total. The third-order valence-electron chi connectivity index (χ3n) is 5.76. The molecule has 4 aromatic carbocycles. The molecule has 0 spiro atoms. The lowest BCUT2D eigenvalue weighted by Crippen LogP contribution is -2.01. The number of hydrogen-bond donors (Lipinski definition) is 1. The number of nitrogens with zero attached hydrogens (tertiary/aromatic N) is 1. The predicted octanol–water partition coefficient (Wildman–Crippen LogP) is 5.94. The van der Waals surface area contributed by atoms with Crippen LogP contribution in [0.1, 0.15) is 11.1 Å².